The van der Waals surface area contributed by atoms with Crippen molar-refractivity contribution in [2.75, 3.05) is 13.2 Å². The van der Waals surface area contributed by atoms with E-state index >= 15 is 0 Å². The first-order valence-corrected chi connectivity index (χ1v) is 10.7. The molecule has 0 unspecified atom stereocenters. The lowest BCUT2D eigenvalue weighted by atomic mass is 9.87. The number of aromatic nitrogens is 1. The number of rotatable bonds is 5. The van der Waals surface area contributed by atoms with E-state index in [1.807, 2.05) is 48.7 Å². The van der Waals surface area contributed by atoms with Gasteiger partial charge in [-0.25, -0.2) is 4.39 Å². The minimum Gasteiger partial charge on any atom is -0.489 e. The van der Waals surface area contributed by atoms with E-state index in [-0.39, 0.29) is 5.82 Å². The molecule has 0 spiro atoms. The maximum absolute atomic E-state index is 13.6. The van der Waals surface area contributed by atoms with E-state index in [4.69, 9.17) is 14.5 Å². The summed E-state index contributed by atoms with van der Waals surface area (Å²) in [5.41, 5.74) is 4.26. The molecule has 156 valence electrons. The fraction of sp³-hybridized carbons (Fsp3) is 0.222. The van der Waals surface area contributed by atoms with Crippen LogP contribution in [0.15, 0.2) is 79.0 Å². The average molecular weight is 413 g/mol. The molecule has 4 aromatic rings. The first-order valence-electron chi connectivity index (χ1n) is 10.7. The molecule has 1 fully saturated rings. The molecule has 31 heavy (non-hydrogen) atoms. The predicted octanol–water partition coefficient (Wildman–Crippen LogP) is 6.51. The minimum atomic E-state index is -0.235. The number of benzene rings is 3. The number of halogens is 1. The fourth-order valence-electron chi connectivity index (χ4n) is 4.25. The normalized spacial score (nSPS) is 14.6. The maximum atomic E-state index is 13.6. The van der Waals surface area contributed by atoms with Crippen LogP contribution in [0.25, 0.3) is 21.9 Å². The Balaban J connectivity index is 1.54. The van der Waals surface area contributed by atoms with Gasteiger partial charge in [-0.15, -0.1) is 0 Å². The van der Waals surface area contributed by atoms with Crippen molar-refractivity contribution >= 4 is 10.8 Å². The van der Waals surface area contributed by atoms with E-state index in [0.29, 0.717) is 12.5 Å². The minimum absolute atomic E-state index is 0.235. The quantitative estimate of drug-likeness (QED) is 0.373. The molecule has 3 nitrogen and oxygen atoms in total. The molecular weight excluding hydrogens is 389 g/mol. The predicted molar refractivity (Wildman–Crippen MR) is 121 cm³/mol. The smallest absolute Gasteiger partial charge is 0.123 e. The van der Waals surface area contributed by atoms with Gasteiger partial charge in [0, 0.05) is 36.3 Å². The Hall–Kier alpha value is -3.24. The zero-order chi connectivity index (χ0) is 21.0. The zero-order valence-corrected chi connectivity index (χ0v) is 17.3. The summed E-state index contributed by atoms with van der Waals surface area (Å²) in [7, 11) is 0. The van der Waals surface area contributed by atoms with Crippen LogP contribution in [0.2, 0.25) is 0 Å². The van der Waals surface area contributed by atoms with Crippen molar-refractivity contribution in [1.29, 1.82) is 0 Å². The van der Waals surface area contributed by atoms with E-state index in [0.717, 1.165) is 65.0 Å². The molecule has 1 saturated heterocycles. The summed E-state index contributed by atoms with van der Waals surface area (Å²) < 4.78 is 25.2. The highest BCUT2D eigenvalue weighted by atomic mass is 19.1. The summed E-state index contributed by atoms with van der Waals surface area (Å²) >= 11 is 0. The van der Waals surface area contributed by atoms with Gasteiger partial charge in [-0.3, -0.25) is 4.98 Å². The number of fused-ring (bicyclic) bond motifs is 1. The second kappa shape index (κ2) is 8.86. The van der Waals surface area contributed by atoms with Crippen molar-refractivity contribution in [1.82, 2.24) is 4.98 Å². The Labute approximate surface area is 181 Å². The number of hydrogen-bond acceptors (Lipinski definition) is 3. The van der Waals surface area contributed by atoms with Crippen molar-refractivity contribution in [3.05, 3.63) is 96.1 Å². The third-order valence-corrected chi connectivity index (χ3v) is 5.88. The average Bonchev–Trinajstić information content (AvgIpc) is 2.84. The van der Waals surface area contributed by atoms with Crippen LogP contribution in [0.1, 0.15) is 30.0 Å². The standard InChI is InChI=1S/C27H24FNO2/c28-23-8-6-20(7-9-23)26-25-11-10-24(31-18-19-4-2-1-3-5-19)16-22(25)17-29-27(26)21-12-14-30-15-13-21/h1-11,16-17,21H,12-15,18H2. The fourth-order valence-corrected chi connectivity index (χ4v) is 4.25. The Kier molecular flexibility index (Phi) is 5.63. The van der Waals surface area contributed by atoms with Crippen LogP contribution in [-0.4, -0.2) is 18.2 Å². The SMILES string of the molecule is Fc1ccc(-c2c(C3CCOCC3)ncc3cc(OCc4ccccc4)ccc23)cc1. The van der Waals surface area contributed by atoms with Gasteiger partial charge in [0.05, 0.1) is 5.69 Å². The lowest BCUT2D eigenvalue weighted by Gasteiger charge is -2.24. The first-order chi connectivity index (χ1) is 15.3. The Morgan fingerprint density at radius 1 is 0.935 bits per heavy atom. The molecule has 2 heterocycles. The summed E-state index contributed by atoms with van der Waals surface area (Å²) in [6.45, 7) is 2.02. The highest BCUT2D eigenvalue weighted by Gasteiger charge is 2.23. The number of pyridine rings is 1. The van der Waals surface area contributed by atoms with Gasteiger partial charge in [-0.05, 0) is 59.7 Å². The van der Waals surface area contributed by atoms with Gasteiger partial charge in [-0.2, -0.15) is 0 Å². The number of ether oxygens (including phenoxy) is 2. The van der Waals surface area contributed by atoms with Crippen LogP contribution in [0.3, 0.4) is 0 Å². The van der Waals surface area contributed by atoms with E-state index in [9.17, 15) is 4.39 Å². The van der Waals surface area contributed by atoms with Crippen LogP contribution >= 0.6 is 0 Å². The Bertz CT molecular complexity index is 1170. The topological polar surface area (TPSA) is 31.4 Å². The molecule has 1 aliphatic rings. The molecule has 0 bridgehead atoms. The van der Waals surface area contributed by atoms with Crippen molar-refractivity contribution in [3.8, 4) is 16.9 Å². The molecule has 0 saturated carbocycles. The second-order valence-electron chi connectivity index (χ2n) is 7.94. The van der Waals surface area contributed by atoms with Crippen molar-refractivity contribution in [2.45, 2.75) is 25.4 Å². The molecule has 0 N–H and O–H groups in total. The van der Waals surface area contributed by atoms with Crippen LogP contribution in [0.5, 0.6) is 5.75 Å². The summed E-state index contributed by atoms with van der Waals surface area (Å²) in [4.78, 5) is 4.88. The zero-order valence-electron chi connectivity index (χ0n) is 17.3. The molecule has 4 heteroatoms. The third kappa shape index (κ3) is 4.30. The summed E-state index contributed by atoms with van der Waals surface area (Å²) in [5, 5.41) is 2.12. The number of hydrogen-bond donors (Lipinski definition) is 0. The van der Waals surface area contributed by atoms with Gasteiger partial charge in [0.1, 0.15) is 18.2 Å². The van der Waals surface area contributed by atoms with E-state index < -0.39 is 0 Å². The molecule has 0 amide bonds. The lowest BCUT2D eigenvalue weighted by Crippen LogP contribution is -2.16. The molecule has 3 aromatic carbocycles. The molecule has 0 aliphatic carbocycles. The van der Waals surface area contributed by atoms with Gasteiger partial charge in [-0.1, -0.05) is 42.5 Å². The van der Waals surface area contributed by atoms with Gasteiger partial charge >= 0.3 is 0 Å². The van der Waals surface area contributed by atoms with E-state index in [1.165, 1.54) is 12.1 Å². The Morgan fingerprint density at radius 2 is 1.71 bits per heavy atom. The molecule has 0 radical (unpaired) electrons. The highest BCUT2D eigenvalue weighted by Crippen LogP contribution is 2.39. The van der Waals surface area contributed by atoms with Crippen molar-refractivity contribution < 1.29 is 13.9 Å². The third-order valence-electron chi connectivity index (χ3n) is 5.88. The second-order valence-corrected chi connectivity index (χ2v) is 7.94. The van der Waals surface area contributed by atoms with Crippen LogP contribution in [0, 0.1) is 5.82 Å². The summed E-state index contributed by atoms with van der Waals surface area (Å²) in [6, 6.07) is 23.0. The molecule has 1 aromatic heterocycles. The van der Waals surface area contributed by atoms with Crippen molar-refractivity contribution in [3.63, 3.8) is 0 Å². The molecule has 0 atom stereocenters. The van der Waals surface area contributed by atoms with Crippen LogP contribution < -0.4 is 4.74 Å². The first kappa shape index (κ1) is 19.7. The summed E-state index contributed by atoms with van der Waals surface area (Å²) in [5.74, 6) is 0.912. The molecule has 5 rings (SSSR count). The van der Waals surface area contributed by atoms with E-state index in [1.54, 1.807) is 0 Å². The highest BCUT2D eigenvalue weighted by molar-refractivity contribution is 5.98. The van der Waals surface area contributed by atoms with Crippen molar-refractivity contribution in [2.24, 2.45) is 0 Å². The maximum Gasteiger partial charge on any atom is 0.123 e. The molecular formula is C27H24FNO2. The summed E-state index contributed by atoms with van der Waals surface area (Å²) in [6.07, 6.45) is 3.83. The van der Waals surface area contributed by atoms with Crippen LogP contribution in [-0.2, 0) is 11.3 Å². The van der Waals surface area contributed by atoms with E-state index in [2.05, 4.69) is 18.2 Å². The van der Waals surface area contributed by atoms with Gasteiger partial charge in [0.2, 0.25) is 0 Å². The number of nitrogens with zero attached hydrogens (tertiary/aromatic N) is 1. The largest absolute Gasteiger partial charge is 0.489 e. The van der Waals surface area contributed by atoms with Gasteiger partial charge in [0.15, 0.2) is 0 Å². The van der Waals surface area contributed by atoms with Gasteiger partial charge in [0.25, 0.3) is 0 Å². The van der Waals surface area contributed by atoms with Gasteiger partial charge < -0.3 is 9.47 Å². The lowest BCUT2D eigenvalue weighted by molar-refractivity contribution is 0.0846. The monoisotopic (exact) mass is 413 g/mol. The molecule has 1 aliphatic heterocycles. The van der Waals surface area contributed by atoms with Crippen LogP contribution in [0.4, 0.5) is 4.39 Å². The Morgan fingerprint density at radius 3 is 2.48 bits per heavy atom.